The highest BCUT2D eigenvalue weighted by Crippen LogP contribution is 2.15. The molecule has 88 valence electrons. The van der Waals surface area contributed by atoms with Crippen LogP contribution in [-0.4, -0.2) is 17.1 Å². The molecule has 0 N–H and O–H groups in total. The third kappa shape index (κ3) is 3.17. The minimum absolute atomic E-state index is 0.406. The van der Waals surface area contributed by atoms with Gasteiger partial charge in [-0.05, 0) is 19.1 Å². The third-order valence-corrected chi connectivity index (χ3v) is 2.24. The Balaban J connectivity index is 2.06. The number of aryl methyl sites for hydroxylation is 1. The van der Waals surface area contributed by atoms with Gasteiger partial charge in [0.25, 0.3) is 0 Å². The maximum Gasteiger partial charge on any atom is 0.138 e. The largest absolute Gasteiger partial charge is 0.497 e. The van der Waals surface area contributed by atoms with Gasteiger partial charge in [0, 0.05) is 24.0 Å². The molecule has 4 nitrogen and oxygen atoms in total. The smallest absolute Gasteiger partial charge is 0.138 e. The van der Waals surface area contributed by atoms with E-state index in [1.165, 1.54) is 0 Å². The number of nitrogens with zero attached hydrogens (tertiary/aromatic N) is 2. The van der Waals surface area contributed by atoms with Gasteiger partial charge in [-0.25, -0.2) is 0 Å². The van der Waals surface area contributed by atoms with E-state index >= 15 is 0 Å². The maximum absolute atomic E-state index is 5.57. The third-order valence-electron chi connectivity index (χ3n) is 2.24. The van der Waals surface area contributed by atoms with Gasteiger partial charge in [0.2, 0.25) is 0 Å². The second-order valence-electron chi connectivity index (χ2n) is 3.62. The van der Waals surface area contributed by atoms with Crippen LogP contribution in [0.1, 0.15) is 11.4 Å². The van der Waals surface area contributed by atoms with Gasteiger partial charge in [-0.15, -0.1) is 0 Å². The summed E-state index contributed by atoms with van der Waals surface area (Å²) in [5, 5.41) is 0. The first-order valence-corrected chi connectivity index (χ1v) is 5.32. The molecule has 0 bridgehead atoms. The number of methoxy groups -OCH3 is 1. The van der Waals surface area contributed by atoms with E-state index in [2.05, 4.69) is 9.97 Å². The van der Waals surface area contributed by atoms with Crippen LogP contribution in [-0.2, 0) is 6.61 Å². The molecule has 0 aliphatic carbocycles. The lowest BCUT2D eigenvalue weighted by Gasteiger charge is -2.07. The normalized spacial score (nSPS) is 10.0. The lowest BCUT2D eigenvalue weighted by Crippen LogP contribution is -2.00. The summed E-state index contributed by atoms with van der Waals surface area (Å²) in [5.74, 6) is 1.53. The first-order chi connectivity index (χ1) is 8.28. The van der Waals surface area contributed by atoms with Crippen LogP contribution >= 0.6 is 0 Å². The predicted octanol–water partition coefficient (Wildman–Crippen LogP) is 2.37. The Bertz CT molecular complexity index is 486. The van der Waals surface area contributed by atoms with Gasteiger partial charge >= 0.3 is 0 Å². The maximum atomic E-state index is 5.57. The van der Waals surface area contributed by atoms with E-state index in [0.29, 0.717) is 6.61 Å². The Labute approximate surface area is 100 Å². The second kappa shape index (κ2) is 5.30. The average Bonchev–Trinajstić information content (AvgIpc) is 2.37. The Morgan fingerprint density at radius 1 is 1.24 bits per heavy atom. The summed E-state index contributed by atoms with van der Waals surface area (Å²) in [6.07, 6.45) is 3.38. The molecule has 2 heterocycles. The van der Waals surface area contributed by atoms with E-state index in [1.807, 2.05) is 31.2 Å². The number of pyridine rings is 2. The van der Waals surface area contributed by atoms with Crippen LogP contribution in [0.15, 0.2) is 36.7 Å². The molecule has 2 aromatic heterocycles. The molecule has 0 unspecified atom stereocenters. The fourth-order valence-corrected chi connectivity index (χ4v) is 1.48. The molecule has 2 rings (SSSR count). The van der Waals surface area contributed by atoms with Crippen molar-refractivity contribution < 1.29 is 9.47 Å². The van der Waals surface area contributed by atoms with Crippen LogP contribution in [0.5, 0.6) is 11.5 Å². The van der Waals surface area contributed by atoms with Gasteiger partial charge in [0.15, 0.2) is 0 Å². The van der Waals surface area contributed by atoms with Gasteiger partial charge in [-0.3, -0.25) is 9.97 Å². The summed E-state index contributed by atoms with van der Waals surface area (Å²) in [4.78, 5) is 8.35. The SMILES string of the molecule is COc1cc(C)nc(COc2cccnc2)c1. The summed E-state index contributed by atoms with van der Waals surface area (Å²) in [6, 6.07) is 7.44. The van der Waals surface area contributed by atoms with Gasteiger partial charge in [0.1, 0.15) is 18.1 Å². The zero-order valence-corrected chi connectivity index (χ0v) is 9.88. The van der Waals surface area contributed by atoms with Crippen LogP contribution in [0.4, 0.5) is 0 Å². The summed E-state index contributed by atoms with van der Waals surface area (Å²) >= 11 is 0. The summed E-state index contributed by atoms with van der Waals surface area (Å²) in [7, 11) is 1.64. The lowest BCUT2D eigenvalue weighted by atomic mass is 10.3. The monoisotopic (exact) mass is 230 g/mol. The van der Waals surface area contributed by atoms with Gasteiger partial charge in [-0.1, -0.05) is 0 Å². The Morgan fingerprint density at radius 3 is 2.82 bits per heavy atom. The van der Waals surface area contributed by atoms with Crippen LogP contribution in [0.25, 0.3) is 0 Å². The first-order valence-electron chi connectivity index (χ1n) is 5.32. The zero-order chi connectivity index (χ0) is 12.1. The molecule has 0 amide bonds. The molecule has 4 heteroatoms. The number of ether oxygens (including phenoxy) is 2. The van der Waals surface area contributed by atoms with E-state index in [-0.39, 0.29) is 0 Å². The molecule has 0 radical (unpaired) electrons. The highest BCUT2D eigenvalue weighted by molar-refractivity contribution is 5.26. The summed E-state index contributed by atoms with van der Waals surface area (Å²) in [5.41, 5.74) is 1.75. The Kier molecular flexibility index (Phi) is 3.55. The van der Waals surface area contributed by atoms with Crippen molar-refractivity contribution in [2.45, 2.75) is 13.5 Å². The minimum atomic E-state index is 0.406. The lowest BCUT2D eigenvalue weighted by molar-refractivity contribution is 0.298. The van der Waals surface area contributed by atoms with Crippen LogP contribution in [0.3, 0.4) is 0 Å². The van der Waals surface area contributed by atoms with E-state index < -0.39 is 0 Å². The number of hydrogen-bond acceptors (Lipinski definition) is 4. The van der Waals surface area contributed by atoms with Crippen molar-refractivity contribution in [3.63, 3.8) is 0 Å². The van der Waals surface area contributed by atoms with Crippen molar-refractivity contribution in [1.29, 1.82) is 0 Å². The van der Waals surface area contributed by atoms with E-state index in [4.69, 9.17) is 9.47 Å². The van der Waals surface area contributed by atoms with Gasteiger partial charge in [0.05, 0.1) is 19.0 Å². The van der Waals surface area contributed by atoms with Crippen molar-refractivity contribution in [2.24, 2.45) is 0 Å². The molecule has 0 spiro atoms. The van der Waals surface area contributed by atoms with Crippen molar-refractivity contribution in [3.05, 3.63) is 48.0 Å². The van der Waals surface area contributed by atoms with E-state index in [1.54, 1.807) is 19.5 Å². The van der Waals surface area contributed by atoms with Crippen LogP contribution in [0.2, 0.25) is 0 Å². The van der Waals surface area contributed by atoms with E-state index in [0.717, 1.165) is 22.9 Å². The van der Waals surface area contributed by atoms with Crippen LogP contribution < -0.4 is 9.47 Å². The number of aromatic nitrogens is 2. The summed E-state index contributed by atoms with van der Waals surface area (Å²) < 4.78 is 10.7. The standard InChI is InChI=1S/C13H14N2O2/c1-10-6-13(16-2)7-11(15-10)9-17-12-4-3-5-14-8-12/h3-8H,9H2,1-2H3. The molecule has 0 fully saturated rings. The van der Waals surface area contributed by atoms with E-state index in [9.17, 15) is 0 Å². The summed E-state index contributed by atoms with van der Waals surface area (Å²) in [6.45, 7) is 2.33. The zero-order valence-electron chi connectivity index (χ0n) is 9.88. The average molecular weight is 230 g/mol. The Morgan fingerprint density at radius 2 is 2.12 bits per heavy atom. The fraction of sp³-hybridized carbons (Fsp3) is 0.231. The molecule has 0 atom stereocenters. The quantitative estimate of drug-likeness (QED) is 0.808. The number of rotatable bonds is 4. The number of hydrogen-bond donors (Lipinski definition) is 0. The molecule has 2 aromatic rings. The first kappa shape index (κ1) is 11.4. The molecule has 0 aliphatic heterocycles. The second-order valence-corrected chi connectivity index (χ2v) is 3.62. The topological polar surface area (TPSA) is 44.2 Å². The molecular formula is C13H14N2O2. The molecule has 0 aromatic carbocycles. The predicted molar refractivity (Wildman–Crippen MR) is 64.1 cm³/mol. The van der Waals surface area contributed by atoms with Crippen molar-refractivity contribution >= 4 is 0 Å². The molecule has 17 heavy (non-hydrogen) atoms. The highest BCUT2D eigenvalue weighted by atomic mass is 16.5. The van der Waals surface area contributed by atoms with Crippen molar-refractivity contribution in [1.82, 2.24) is 9.97 Å². The Hall–Kier alpha value is -2.10. The van der Waals surface area contributed by atoms with Crippen molar-refractivity contribution in [3.8, 4) is 11.5 Å². The van der Waals surface area contributed by atoms with Crippen LogP contribution in [0, 0.1) is 6.92 Å². The molecule has 0 aliphatic rings. The van der Waals surface area contributed by atoms with Crippen molar-refractivity contribution in [2.75, 3.05) is 7.11 Å². The van der Waals surface area contributed by atoms with Gasteiger partial charge < -0.3 is 9.47 Å². The molecular weight excluding hydrogens is 216 g/mol. The molecule has 0 saturated carbocycles. The minimum Gasteiger partial charge on any atom is -0.497 e. The highest BCUT2D eigenvalue weighted by Gasteiger charge is 2.01. The molecule has 0 saturated heterocycles. The van der Waals surface area contributed by atoms with Gasteiger partial charge in [-0.2, -0.15) is 0 Å². The fourth-order valence-electron chi connectivity index (χ4n) is 1.48.